The summed E-state index contributed by atoms with van der Waals surface area (Å²) in [4.78, 5) is 0. The molecule has 2 aromatic rings. The summed E-state index contributed by atoms with van der Waals surface area (Å²) >= 11 is 3.53. The van der Waals surface area contributed by atoms with Gasteiger partial charge in [-0.1, -0.05) is 51.4 Å². The molecule has 1 N–H and O–H groups in total. The van der Waals surface area contributed by atoms with E-state index >= 15 is 0 Å². The highest BCUT2D eigenvalue weighted by Gasteiger charge is 2.19. The smallest absolute Gasteiger partial charge is 0.123 e. The van der Waals surface area contributed by atoms with E-state index in [9.17, 15) is 0 Å². The number of fused-ring (bicyclic) bond motifs is 1. The van der Waals surface area contributed by atoms with Crippen molar-refractivity contribution in [1.82, 2.24) is 0 Å². The first kappa shape index (κ1) is 14.1. The monoisotopic (exact) mass is 345 g/mol. The van der Waals surface area contributed by atoms with Gasteiger partial charge < -0.3 is 9.94 Å². The van der Waals surface area contributed by atoms with Gasteiger partial charge >= 0.3 is 0 Å². The molecule has 4 heteroatoms. The number of halogens is 1. The first-order chi connectivity index (χ1) is 10.3. The summed E-state index contributed by atoms with van der Waals surface area (Å²) in [6.07, 6.45) is 2.76. The van der Waals surface area contributed by atoms with Crippen molar-refractivity contribution in [2.24, 2.45) is 5.16 Å². The summed E-state index contributed by atoms with van der Waals surface area (Å²) < 4.78 is 7.05. The lowest BCUT2D eigenvalue weighted by atomic mass is 9.89. The van der Waals surface area contributed by atoms with Crippen molar-refractivity contribution >= 4 is 21.6 Å². The van der Waals surface area contributed by atoms with Gasteiger partial charge in [0.05, 0.1) is 5.71 Å². The summed E-state index contributed by atoms with van der Waals surface area (Å²) in [6, 6.07) is 14.0. The molecule has 0 aromatic heterocycles. The van der Waals surface area contributed by atoms with Crippen LogP contribution in [-0.4, -0.2) is 10.9 Å². The highest BCUT2D eigenvalue weighted by atomic mass is 79.9. The summed E-state index contributed by atoms with van der Waals surface area (Å²) in [6.45, 7) is 0.517. The van der Waals surface area contributed by atoms with Crippen LogP contribution in [0.5, 0.6) is 5.75 Å². The van der Waals surface area contributed by atoms with Crippen LogP contribution < -0.4 is 4.74 Å². The van der Waals surface area contributed by atoms with E-state index in [4.69, 9.17) is 9.94 Å². The second-order valence-electron chi connectivity index (χ2n) is 5.06. The van der Waals surface area contributed by atoms with Gasteiger partial charge in [0.1, 0.15) is 12.4 Å². The molecule has 0 atom stereocenters. The van der Waals surface area contributed by atoms with Crippen molar-refractivity contribution in [3.8, 4) is 5.75 Å². The van der Waals surface area contributed by atoms with Gasteiger partial charge in [0.25, 0.3) is 0 Å². The van der Waals surface area contributed by atoms with E-state index in [1.54, 1.807) is 0 Å². The van der Waals surface area contributed by atoms with Crippen molar-refractivity contribution in [2.45, 2.75) is 25.9 Å². The topological polar surface area (TPSA) is 41.8 Å². The van der Waals surface area contributed by atoms with Gasteiger partial charge in [0, 0.05) is 21.2 Å². The standard InChI is InChI=1S/C17H16BrNO2/c18-15-8-2-1-5-12(15)11-21-17-10-4-6-13-14(17)7-3-9-16(13)19-20/h1-2,4-6,8,10,20H,3,7,9,11H2. The Labute approximate surface area is 132 Å². The third kappa shape index (κ3) is 2.95. The van der Waals surface area contributed by atoms with Gasteiger partial charge in [-0.3, -0.25) is 0 Å². The summed E-state index contributed by atoms with van der Waals surface area (Å²) in [5, 5.41) is 12.5. The third-order valence-corrected chi connectivity index (χ3v) is 4.52. The van der Waals surface area contributed by atoms with Gasteiger partial charge in [-0.05, 0) is 31.4 Å². The molecule has 0 unspecified atom stereocenters. The first-order valence-electron chi connectivity index (χ1n) is 6.99. The van der Waals surface area contributed by atoms with Crippen LogP contribution in [0.15, 0.2) is 52.1 Å². The Kier molecular flexibility index (Phi) is 4.25. The number of nitrogens with zero attached hydrogens (tertiary/aromatic N) is 1. The van der Waals surface area contributed by atoms with Gasteiger partial charge in [-0.25, -0.2) is 0 Å². The lowest BCUT2D eigenvalue weighted by molar-refractivity contribution is 0.301. The normalized spacial score (nSPS) is 15.8. The van der Waals surface area contributed by atoms with E-state index in [1.165, 1.54) is 0 Å². The Morgan fingerprint density at radius 2 is 1.95 bits per heavy atom. The zero-order valence-corrected chi connectivity index (χ0v) is 13.1. The minimum absolute atomic E-state index is 0.517. The Morgan fingerprint density at radius 3 is 2.76 bits per heavy atom. The minimum atomic E-state index is 0.517. The van der Waals surface area contributed by atoms with Crippen molar-refractivity contribution in [1.29, 1.82) is 0 Å². The van der Waals surface area contributed by atoms with Crippen molar-refractivity contribution in [3.63, 3.8) is 0 Å². The maximum atomic E-state index is 9.11. The molecule has 0 spiro atoms. The Balaban J connectivity index is 1.85. The van der Waals surface area contributed by atoms with E-state index in [1.807, 2.05) is 42.5 Å². The lowest BCUT2D eigenvalue weighted by Crippen LogP contribution is -2.13. The largest absolute Gasteiger partial charge is 0.489 e. The summed E-state index contributed by atoms with van der Waals surface area (Å²) in [5.41, 5.74) is 4.02. The quantitative estimate of drug-likeness (QED) is 0.655. The van der Waals surface area contributed by atoms with Crippen LogP contribution in [-0.2, 0) is 13.0 Å². The Hall–Kier alpha value is -1.81. The molecule has 3 nitrogen and oxygen atoms in total. The highest BCUT2D eigenvalue weighted by Crippen LogP contribution is 2.31. The van der Waals surface area contributed by atoms with Crippen LogP contribution in [0.1, 0.15) is 29.5 Å². The predicted octanol–water partition coefficient (Wildman–Crippen LogP) is 4.54. The number of hydrogen-bond acceptors (Lipinski definition) is 3. The predicted molar refractivity (Wildman–Crippen MR) is 86.2 cm³/mol. The molecular formula is C17H16BrNO2. The molecule has 2 aromatic carbocycles. The molecule has 0 aliphatic heterocycles. The molecule has 21 heavy (non-hydrogen) atoms. The van der Waals surface area contributed by atoms with Crippen molar-refractivity contribution < 1.29 is 9.94 Å². The number of ether oxygens (including phenoxy) is 1. The fraction of sp³-hybridized carbons (Fsp3) is 0.235. The van der Waals surface area contributed by atoms with Gasteiger partial charge in [0.2, 0.25) is 0 Å². The van der Waals surface area contributed by atoms with Gasteiger partial charge in [-0.15, -0.1) is 0 Å². The maximum absolute atomic E-state index is 9.11. The van der Waals surface area contributed by atoms with Gasteiger partial charge in [-0.2, -0.15) is 0 Å². The molecule has 0 fully saturated rings. The lowest BCUT2D eigenvalue weighted by Gasteiger charge is -2.20. The number of oxime groups is 1. The van der Waals surface area contributed by atoms with E-state index in [2.05, 4.69) is 21.1 Å². The molecule has 3 rings (SSSR count). The zero-order chi connectivity index (χ0) is 14.7. The second kappa shape index (κ2) is 6.31. The van der Waals surface area contributed by atoms with E-state index < -0.39 is 0 Å². The fourth-order valence-corrected chi connectivity index (χ4v) is 3.07. The van der Waals surface area contributed by atoms with Gasteiger partial charge in [0.15, 0.2) is 0 Å². The Morgan fingerprint density at radius 1 is 1.10 bits per heavy atom. The van der Waals surface area contributed by atoms with Crippen LogP contribution in [0.25, 0.3) is 0 Å². The first-order valence-corrected chi connectivity index (χ1v) is 7.78. The average molecular weight is 346 g/mol. The molecule has 108 valence electrons. The second-order valence-corrected chi connectivity index (χ2v) is 5.92. The van der Waals surface area contributed by atoms with Crippen molar-refractivity contribution in [3.05, 3.63) is 63.6 Å². The van der Waals surface area contributed by atoms with Crippen LogP contribution in [0, 0.1) is 0 Å². The fourth-order valence-electron chi connectivity index (χ4n) is 2.67. The molecule has 1 aliphatic rings. The zero-order valence-electron chi connectivity index (χ0n) is 11.6. The Bertz CT molecular complexity index is 682. The summed E-state index contributed by atoms with van der Waals surface area (Å²) in [5.74, 6) is 0.879. The molecule has 0 bridgehead atoms. The molecule has 0 saturated carbocycles. The number of benzene rings is 2. The van der Waals surface area contributed by atoms with E-state index in [0.717, 1.165) is 51.9 Å². The minimum Gasteiger partial charge on any atom is -0.489 e. The molecule has 0 heterocycles. The van der Waals surface area contributed by atoms with Crippen LogP contribution in [0.4, 0.5) is 0 Å². The van der Waals surface area contributed by atoms with Crippen LogP contribution in [0.3, 0.4) is 0 Å². The number of hydrogen-bond donors (Lipinski definition) is 1. The van der Waals surface area contributed by atoms with Crippen molar-refractivity contribution in [2.75, 3.05) is 0 Å². The molecule has 0 saturated heterocycles. The molecule has 0 radical (unpaired) electrons. The average Bonchev–Trinajstić information content (AvgIpc) is 2.53. The van der Waals surface area contributed by atoms with Crippen LogP contribution >= 0.6 is 15.9 Å². The number of rotatable bonds is 3. The molecular weight excluding hydrogens is 330 g/mol. The molecule has 1 aliphatic carbocycles. The SMILES string of the molecule is ON=C1CCCc2c(OCc3ccccc3Br)cccc21. The molecule has 0 amide bonds. The maximum Gasteiger partial charge on any atom is 0.123 e. The van der Waals surface area contributed by atoms with E-state index in [-0.39, 0.29) is 0 Å². The third-order valence-electron chi connectivity index (χ3n) is 3.75. The highest BCUT2D eigenvalue weighted by molar-refractivity contribution is 9.10. The van der Waals surface area contributed by atoms with Crippen LogP contribution in [0.2, 0.25) is 0 Å². The summed E-state index contributed by atoms with van der Waals surface area (Å²) in [7, 11) is 0. The van der Waals surface area contributed by atoms with E-state index in [0.29, 0.717) is 6.61 Å².